The van der Waals surface area contributed by atoms with E-state index >= 15 is 0 Å². The smallest absolute Gasteiger partial charge is 0.401 e. The summed E-state index contributed by atoms with van der Waals surface area (Å²) in [4.78, 5) is 0. The lowest BCUT2D eigenvalue weighted by Crippen LogP contribution is -2.43. The summed E-state index contributed by atoms with van der Waals surface area (Å²) < 4.78 is 74.3. The molecule has 0 aliphatic carbocycles. The van der Waals surface area contributed by atoms with Crippen LogP contribution in [0.25, 0.3) is 0 Å². The molecule has 4 nitrogen and oxygen atoms in total. The summed E-state index contributed by atoms with van der Waals surface area (Å²) in [5, 5.41) is 0. The maximum atomic E-state index is 8.23. The Morgan fingerprint density at radius 1 is 1.20 bits per heavy atom. The summed E-state index contributed by atoms with van der Waals surface area (Å²) in [5.74, 6) is -2.74. The van der Waals surface area contributed by atoms with Crippen LogP contribution in [0.2, 0.25) is 0 Å². The predicted molar refractivity (Wildman–Crippen MR) is 56.6 cm³/mol. The van der Waals surface area contributed by atoms with Gasteiger partial charge >= 0.3 is 7.12 Å². The Morgan fingerprint density at radius 3 is 2.40 bits per heavy atom. The third-order valence-electron chi connectivity index (χ3n) is 2.87. The summed E-state index contributed by atoms with van der Waals surface area (Å²) in [5.41, 5.74) is -1.79. The van der Waals surface area contributed by atoms with Gasteiger partial charge in [0, 0.05) is 0 Å². The minimum atomic E-state index is -3.06. The molecule has 2 saturated heterocycles. The zero-order valence-electron chi connectivity index (χ0n) is 16.2. The maximum Gasteiger partial charge on any atom is 0.491 e. The summed E-state index contributed by atoms with van der Waals surface area (Å²) in [6, 6.07) is 0. The van der Waals surface area contributed by atoms with Crippen molar-refractivity contribution in [1.29, 1.82) is 0 Å². The van der Waals surface area contributed by atoms with E-state index in [0.717, 1.165) is 0 Å². The average Bonchev–Trinajstić information content (AvgIpc) is 2.44. The van der Waals surface area contributed by atoms with Crippen molar-refractivity contribution in [2.75, 3.05) is 19.7 Å². The Bertz CT molecular complexity index is 468. The van der Waals surface area contributed by atoms with Crippen LogP contribution < -0.4 is 0 Å². The quantitative estimate of drug-likeness (QED) is 0.620. The molecule has 0 aromatic heterocycles. The van der Waals surface area contributed by atoms with E-state index in [1.807, 2.05) is 0 Å². The molecule has 0 saturated carbocycles. The minimum absolute atomic E-state index is 0.895. The Balaban J connectivity index is 2.41. The molecular formula is C10H19BO4. The van der Waals surface area contributed by atoms with Crippen LogP contribution in [0.5, 0.6) is 0 Å². The van der Waals surface area contributed by atoms with E-state index in [4.69, 9.17) is 23.6 Å². The maximum absolute atomic E-state index is 8.23. The fourth-order valence-corrected chi connectivity index (χ4v) is 1.24. The summed E-state index contributed by atoms with van der Waals surface area (Å²) >= 11 is 0. The number of rotatable bonds is 1. The Morgan fingerprint density at radius 2 is 1.80 bits per heavy atom. The van der Waals surface area contributed by atoms with Crippen LogP contribution in [-0.2, 0) is 18.8 Å². The average molecular weight is 221 g/mol. The molecule has 0 aromatic rings. The molecule has 1 unspecified atom stereocenters. The first-order valence-electron chi connectivity index (χ1n) is 8.23. The highest BCUT2D eigenvalue weighted by Crippen LogP contribution is 2.38. The molecule has 0 radical (unpaired) electrons. The largest absolute Gasteiger partial charge is 0.491 e. The third-order valence-corrected chi connectivity index (χ3v) is 2.87. The van der Waals surface area contributed by atoms with Gasteiger partial charge in [0.2, 0.25) is 0 Å². The van der Waals surface area contributed by atoms with Crippen LogP contribution in [-0.4, -0.2) is 44.0 Å². The molecule has 5 heteroatoms. The molecule has 0 N–H and O–H groups in total. The molecule has 2 rings (SSSR count). The number of hydrogen-bond acceptors (Lipinski definition) is 4. The summed E-state index contributed by atoms with van der Waals surface area (Å²) in [6.07, 6.45) is 0. The van der Waals surface area contributed by atoms with Gasteiger partial charge in [0.05, 0.1) is 40.5 Å². The van der Waals surface area contributed by atoms with E-state index in [1.165, 1.54) is 0 Å². The minimum Gasteiger partial charge on any atom is -0.401 e. The molecule has 2 fully saturated rings. The highest BCUT2D eigenvalue weighted by Gasteiger charge is 2.54. The fourth-order valence-electron chi connectivity index (χ4n) is 1.24. The first-order valence-corrected chi connectivity index (χ1v) is 4.73. The highest BCUT2D eigenvalue weighted by atomic mass is 16.7. The molecule has 86 valence electrons. The van der Waals surface area contributed by atoms with Gasteiger partial charge in [-0.25, -0.2) is 0 Å². The van der Waals surface area contributed by atoms with Gasteiger partial charge in [-0.05, 0) is 27.7 Å². The van der Waals surface area contributed by atoms with Gasteiger partial charge < -0.3 is 18.8 Å². The fraction of sp³-hybridized carbons (Fsp3) is 1.00. The second-order valence-corrected chi connectivity index (χ2v) is 4.46. The topological polar surface area (TPSA) is 36.9 Å². The Kier molecular flexibility index (Phi) is 1.37. The molecule has 0 spiro atoms. The van der Waals surface area contributed by atoms with E-state index in [2.05, 4.69) is 4.74 Å². The second kappa shape index (κ2) is 3.73. The molecule has 0 bridgehead atoms. The van der Waals surface area contributed by atoms with Crippen molar-refractivity contribution in [3.63, 3.8) is 0 Å². The lowest BCUT2D eigenvalue weighted by atomic mass is 9.81. The highest BCUT2D eigenvalue weighted by molar-refractivity contribution is 6.47. The molecule has 15 heavy (non-hydrogen) atoms. The number of hydrogen-bond donors (Lipinski definition) is 0. The van der Waals surface area contributed by atoms with Gasteiger partial charge in [0.1, 0.15) is 5.98 Å². The molecule has 0 amide bonds. The van der Waals surface area contributed by atoms with Crippen LogP contribution >= 0.6 is 0 Å². The van der Waals surface area contributed by atoms with E-state index < -0.39 is 44.0 Å². The first kappa shape index (κ1) is 5.49. The monoisotopic (exact) mass is 221 g/mol. The van der Waals surface area contributed by atoms with Crippen molar-refractivity contribution < 1.29 is 28.4 Å². The van der Waals surface area contributed by atoms with E-state index in [-0.39, 0.29) is 0 Å². The zero-order chi connectivity index (χ0) is 17.4. The molecular weight excluding hydrogens is 195 g/mol. The van der Waals surface area contributed by atoms with Gasteiger partial charge in [-0.2, -0.15) is 0 Å². The van der Waals surface area contributed by atoms with Crippen LogP contribution in [0.3, 0.4) is 0 Å². The first-order chi connectivity index (χ1) is 9.48. The van der Waals surface area contributed by atoms with Gasteiger partial charge in [-0.3, -0.25) is 0 Å². The molecule has 0 aromatic carbocycles. The Labute approximate surface area is 101 Å². The van der Waals surface area contributed by atoms with Crippen molar-refractivity contribution >= 4 is 7.12 Å². The standard InChI is InChI=1S/C10H19BO4/c1-9(2)10(3,4)15-11(14-9)8-7-12-5-6-13-8/h8H,5-7H2,1-4H3/i5D2,6D2,7D2,8D. The van der Waals surface area contributed by atoms with E-state index in [0.29, 0.717) is 0 Å². The van der Waals surface area contributed by atoms with Crippen molar-refractivity contribution in [2.45, 2.75) is 44.9 Å². The molecule has 2 heterocycles. The van der Waals surface area contributed by atoms with Gasteiger partial charge in [-0.15, -0.1) is 0 Å². The summed E-state index contributed by atoms with van der Waals surface area (Å²) in [7, 11) is -1.60. The Hall–Kier alpha value is -0.0951. The van der Waals surface area contributed by atoms with E-state index in [1.54, 1.807) is 27.7 Å². The van der Waals surface area contributed by atoms with Gasteiger partial charge in [-0.1, -0.05) is 0 Å². The second-order valence-electron chi connectivity index (χ2n) is 4.46. The van der Waals surface area contributed by atoms with Crippen molar-refractivity contribution in [1.82, 2.24) is 0 Å². The molecule has 1 atom stereocenters. The number of ether oxygens (including phenoxy) is 2. The van der Waals surface area contributed by atoms with Gasteiger partial charge in [0.15, 0.2) is 0 Å². The van der Waals surface area contributed by atoms with Gasteiger partial charge in [0.25, 0.3) is 0 Å². The van der Waals surface area contributed by atoms with Crippen LogP contribution in [0.15, 0.2) is 0 Å². The normalized spacial score (nSPS) is 56.3. The van der Waals surface area contributed by atoms with Crippen LogP contribution in [0, 0.1) is 0 Å². The van der Waals surface area contributed by atoms with Crippen molar-refractivity contribution in [2.24, 2.45) is 0 Å². The third kappa shape index (κ3) is 2.06. The summed E-state index contributed by atoms with van der Waals surface area (Å²) in [6.45, 7) is -2.38. The lowest BCUT2D eigenvalue weighted by molar-refractivity contribution is -0.0679. The lowest BCUT2D eigenvalue weighted by Gasteiger charge is -2.32. The van der Waals surface area contributed by atoms with Crippen LogP contribution in [0.4, 0.5) is 0 Å². The SMILES string of the molecule is [2H]C1([2H])OC([2H])([2H])C([2H])(B2OC(C)(C)C(C)(C)O2)OC1([2H])[2H]. The van der Waals surface area contributed by atoms with Crippen molar-refractivity contribution in [3.05, 3.63) is 0 Å². The zero-order valence-corrected chi connectivity index (χ0v) is 9.21. The molecule has 2 aliphatic heterocycles. The molecule has 2 aliphatic rings. The van der Waals surface area contributed by atoms with Crippen LogP contribution in [0.1, 0.15) is 37.3 Å². The predicted octanol–water partition coefficient (Wildman–Crippen LogP) is 1.03. The van der Waals surface area contributed by atoms with E-state index in [9.17, 15) is 0 Å². The van der Waals surface area contributed by atoms with Crippen molar-refractivity contribution in [3.8, 4) is 0 Å².